The second kappa shape index (κ2) is 7.03. The van der Waals surface area contributed by atoms with E-state index < -0.39 is 0 Å². The molecule has 2 aromatic carbocycles. The summed E-state index contributed by atoms with van der Waals surface area (Å²) in [6, 6.07) is 16.2. The number of aromatic nitrogens is 1. The first kappa shape index (κ1) is 15.2. The van der Waals surface area contributed by atoms with Gasteiger partial charge in [0.05, 0.1) is 11.9 Å². The maximum atomic E-state index is 5.29. The Morgan fingerprint density at radius 2 is 1.87 bits per heavy atom. The zero-order chi connectivity index (χ0) is 16.1. The Morgan fingerprint density at radius 1 is 1.09 bits per heavy atom. The van der Waals surface area contributed by atoms with Crippen molar-refractivity contribution in [3.63, 3.8) is 0 Å². The fourth-order valence-electron chi connectivity index (χ4n) is 2.36. The van der Waals surface area contributed by atoms with Crippen LogP contribution in [0.25, 0.3) is 11.3 Å². The van der Waals surface area contributed by atoms with E-state index in [0.717, 1.165) is 29.1 Å². The van der Waals surface area contributed by atoms with Crippen molar-refractivity contribution in [1.29, 1.82) is 0 Å². The first-order valence-electron chi connectivity index (χ1n) is 7.48. The Morgan fingerprint density at radius 3 is 2.57 bits per heavy atom. The summed E-state index contributed by atoms with van der Waals surface area (Å²) < 4.78 is 5.29. The van der Waals surface area contributed by atoms with Gasteiger partial charge in [-0.15, -0.1) is 0 Å². The van der Waals surface area contributed by atoms with Gasteiger partial charge in [0.1, 0.15) is 0 Å². The summed E-state index contributed by atoms with van der Waals surface area (Å²) in [4.78, 5) is 10.7. The Bertz CT molecular complexity index is 775. The van der Waals surface area contributed by atoms with Gasteiger partial charge in [-0.25, -0.2) is 4.98 Å². The van der Waals surface area contributed by atoms with E-state index in [2.05, 4.69) is 47.2 Å². The van der Waals surface area contributed by atoms with Gasteiger partial charge in [0.25, 0.3) is 0 Å². The highest BCUT2D eigenvalue weighted by atomic mass is 16.3. The first-order chi connectivity index (χ1) is 11.2. The lowest BCUT2D eigenvalue weighted by Gasteiger charge is -2.11. The van der Waals surface area contributed by atoms with Crippen LogP contribution in [0, 0.1) is 0 Å². The van der Waals surface area contributed by atoms with E-state index in [9.17, 15) is 0 Å². The highest BCUT2D eigenvalue weighted by Crippen LogP contribution is 2.22. The van der Waals surface area contributed by atoms with Crippen molar-refractivity contribution >= 4 is 11.9 Å². The average Bonchev–Trinajstić information content (AvgIpc) is 3.08. The smallest absolute Gasteiger partial charge is 0.181 e. The zero-order valence-corrected chi connectivity index (χ0v) is 13.3. The number of hydrogen-bond acceptors (Lipinski definition) is 4. The molecule has 0 spiro atoms. The van der Waals surface area contributed by atoms with Crippen LogP contribution in [0.5, 0.6) is 0 Å². The molecule has 23 heavy (non-hydrogen) atoms. The maximum Gasteiger partial charge on any atom is 0.181 e. The monoisotopic (exact) mass is 305 g/mol. The molecule has 4 nitrogen and oxygen atoms in total. The first-order valence-corrected chi connectivity index (χ1v) is 7.48. The summed E-state index contributed by atoms with van der Waals surface area (Å²) in [5.74, 6) is 0.761. The minimum Gasteiger partial charge on any atom is -0.444 e. The van der Waals surface area contributed by atoms with Crippen LogP contribution in [-0.4, -0.2) is 30.2 Å². The molecule has 1 aromatic heterocycles. The molecule has 0 saturated heterocycles. The minimum absolute atomic E-state index is 0.761. The Kier molecular flexibility index (Phi) is 4.64. The topological polar surface area (TPSA) is 41.6 Å². The van der Waals surface area contributed by atoms with Gasteiger partial charge in [0, 0.05) is 18.3 Å². The molecule has 116 valence electrons. The van der Waals surface area contributed by atoms with Crippen molar-refractivity contribution in [2.45, 2.75) is 6.54 Å². The fourth-order valence-corrected chi connectivity index (χ4v) is 2.36. The zero-order valence-electron chi connectivity index (χ0n) is 13.3. The summed E-state index contributed by atoms with van der Waals surface area (Å²) in [6.07, 6.45) is 5.06. The number of rotatable bonds is 5. The van der Waals surface area contributed by atoms with Gasteiger partial charge in [-0.1, -0.05) is 24.3 Å². The van der Waals surface area contributed by atoms with Crippen LogP contribution >= 0.6 is 0 Å². The quantitative estimate of drug-likeness (QED) is 0.665. The summed E-state index contributed by atoms with van der Waals surface area (Å²) in [7, 11) is 4.13. The lowest BCUT2D eigenvalue weighted by molar-refractivity contribution is 0.402. The maximum absolute atomic E-state index is 5.29. The van der Waals surface area contributed by atoms with Crippen LogP contribution in [0.1, 0.15) is 11.1 Å². The Labute approximate surface area is 136 Å². The Balaban J connectivity index is 1.78. The molecule has 4 heteroatoms. The molecule has 0 aliphatic rings. The Hall–Kier alpha value is -2.72. The van der Waals surface area contributed by atoms with Crippen LogP contribution < -0.4 is 0 Å². The molecule has 1 heterocycles. The average molecular weight is 305 g/mol. The van der Waals surface area contributed by atoms with Crippen molar-refractivity contribution < 1.29 is 4.42 Å². The molecule has 0 fully saturated rings. The summed E-state index contributed by atoms with van der Waals surface area (Å²) >= 11 is 0. The number of oxazole rings is 1. The molecule has 0 unspecified atom stereocenters. The van der Waals surface area contributed by atoms with Gasteiger partial charge < -0.3 is 9.32 Å². The predicted octanol–water partition coefficient (Wildman–Crippen LogP) is 4.15. The lowest BCUT2D eigenvalue weighted by atomic mass is 10.1. The SMILES string of the molecule is CN(C)Cc1ccccc1C=Nc1ccc(-c2cnco2)cc1. The molecule has 3 aromatic rings. The second-order valence-electron chi connectivity index (χ2n) is 5.61. The van der Waals surface area contributed by atoms with Gasteiger partial charge in [-0.3, -0.25) is 4.99 Å². The van der Waals surface area contributed by atoms with Crippen LogP contribution in [0.4, 0.5) is 5.69 Å². The molecule has 0 bridgehead atoms. The molecular formula is C19H19N3O. The van der Waals surface area contributed by atoms with E-state index >= 15 is 0 Å². The summed E-state index contributed by atoms with van der Waals surface area (Å²) in [6.45, 7) is 0.895. The molecule has 0 atom stereocenters. The summed E-state index contributed by atoms with van der Waals surface area (Å²) in [5.41, 5.74) is 4.31. The van der Waals surface area contributed by atoms with Crippen molar-refractivity contribution in [3.8, 4) is 11.3 Å². The number of benzene rings is 2. The van der Waals surface area contributed by atoms with E-state index in [-0.39, 0.29) is 0 Å². The molecule has 0 aliphatic heterocycles. The minimum atomic E-state index is 0.761. The van der Waals surface area contributed by atoms with Crippen molar-refractivity contribution in [1.82, 2.24) is 9.88 Å². The highest BCUT2D eigenvalue weighted by Gasteiger charge is 2.02. The third-order valence-corrected chi connectivity index (χ3v) is 3.48. The van der Waals surface area contributed by atoms with Crippen LogP contribution in [0.15, 0.2) is 70.5 Å². The molecule has 0 radical (unpaired) electrons. The van der Waals surface area contributed by atoms with Gasteiger partial charge in [-0.05, 0) is 49.5 Å². The largest absolute Gasteiger partial charge is 0.444 e. The van der Waals surface area contributed by atoms with E-state index in [4.69, 9.17) is 4.42 Å². The molecule has 0 aliphatic carbocycles. The van der Waals surface area contributed by atoms with E-state index in [1.807, 2.05) is 36.5 Å². The highest BCUT2D eigenvalue weighted by molar-refractivity contribution is 5.84. The van der Waals surface area contributed by atoms with Gasteiger partial charge in [0.15, 0.2) is 12.2 Å². The van der Waals surface area contributed by atoms with Gasteiger partial charge >= 0.3 is 0 Å². The van der Waals surface area contributed by atoms with E-state index in [0.29, 0.717) is 0 Å². The van der Waals surface area contributed by atoms with Crippen LogP contribution in [0.3, 0.4) is 0 Å². The molecule has 3 rings (SSSR count). The lowest BCUT2D eigenvalue weighted by Crippen LogP contribution is -2.12. The third kappa shape index (κ3) is 3.93. The fraction of sp³-hybridized carbons (Fsp3) is 0.158. The van der Waals surface area contributed by atoms with Gasteiger partial charge in [0.2, 0.25) is 0 Å². The normalized spacial score (nSPS) is 11.4. The molecular weight excluding hydrogens is 286 g/mol. The summed E-state index contributed by atoms with van der Waals surface area (Å²) in [5, 5.41) is 0. The third-order valence-electron chi connectivity index (χ3n) is 3.48. The number of hydrogen-bond donors (Lipinski definition) is 0. The van der Waals surface area contributed by atoms with Crippen molar-refractivity contribution in [3.05, 3.63) is 72.2 Å². The van der Waals surface area contributed by atoms with Crippen molar-refractivity contribution in [2.24, 2.45) is 4.99 Å². The number of aliphatic imine (C=N–C) groups is 1. The van der Waals surface area contributed by atoms with Crippen LogP contribution in [-0.2, 0) is 6.54 Å². The van der Waals surface area contributed by atoms with Crippen molar-refractivity contribution in [2.75, 3.05) is 14.1 Å². The molecule has 0 amide bonds. The number of nitrogens with zero attached hydrogens (tertiary/aromatic N) is 3. The van der Waals surface area contributed by atoms with Crippen LogP contribution in [0.2, 0.25) is 0 Å². The second-order valence-corrected chi connectivity index (χ2v) is 5.61. The standard InChI is InChI=1S/C19H19N3O/c1-22(2)13-17-6-4-3-5-16(17)11-21-18-9-7-15(8-10-18)19-12-20-14-23-19/h3-12,14H,13H2,1-2H3. The molecule has 0 N–H and O–H groups in total. The predicted molar refractivity (Wildman–Crippen MR) is 93.0 cm³/mol. The van der Waals surface area contributed by atoms with Gasteiger partial charge in [-0.2, -0.15) is 0 Å². The van der Waals surface area contributed by atoms with E-state index in [1.165, 1.54) is 12.0 Å². The van der Waals surface area contributed by atoms with E-state index in [1.54, 1.807) is 6.20 Å². The molecule has 0 saturated carbocycles.